The lowest BCUT2D eigenvalue weighted by molar-refractivity contribution is -0.131. The second-order valence-corrected chi connectivity index (χ2v) is 4.51. The van der Waals surface area contributed by atoms with Gasteiger partial charge in [-0.05, 0) is 23.6 Å². The fourth-order valence-corrected chi connectivity index (χ4v) is 1.47. The third-order valence-corrected chi connectivity index (χ3v) is 2.36. The Bertz CT molecular complexity index is 343. The zero-order valence-electron chi connectivity index (χ0n) is 10.1. The number of carbonyl (C=O) groups excluding carboxylic acids is 1. The standard InChI is InChI=1S/C13H19NO2/c1-10(2)8-13(16)14(3)9-11-4-6-12(15)7-5-11/h4-7,10,15H,8-9H2,1-3H3. The lowest BCUT2D eigenvalue weighted by Gasteiger charge is -2.18. The molecule has 0 radical (unpaired) electrons. The monoisotopic (exact) mass is 221 g/mol. The summed E-state index contributed by atoms with van der Waals surface area (Å²) >= 11 is 0. The number of hydrogen-bond acceptors (Lipinski definition) is 2. The number of carbonyl (C=O) groups is 1. The van der Waals surface area contributed by atoms with E-state index in [2.05, 4.69) is 0 Å². The van der Waals surface area contributed by atoms with Gasteiger partial charge in [-0.15, -0.1) is 0 Å². The van der Waals surface area contributed by atoms with Gasteiger partial charge in [0.15, 0.2) is 0 Å². The number of aromatic hydroxyl groups is 1. The van der Waals surface area contributed by atoms with Crippen molar-refractivity contribution in [2.24, 2.45) is 5.92 Å². The van der Waals surface area contributed by atoms with Crippen molar-refractivity contribution in [2.45, 2.75) is 26.8 Å². The maximum Gasteiger partial charge on any atom is 0.222 e. The molecule has 0 aromatic heterocycles. The average Bonchev–Trinajstić information content (AvgIpc) is 2.20. The van der Waals surface area contributed by atoms with Gasteiger partial charge < -0.3 is 10.0 Å². The summed E-state index contributed by atoms with van der Waals surface area (Å²) in [4.78, 5) is 13.4. The predicted octanol–water partition coefficient (Wildman–Crippen LogP) is 2.40. The van der Waals surface area contributed by atoms with Gasteiger partial charge in [0.05, 0.1) is 0 Å². The van der Waals surface area contributed by atoms with Crippen molar-refractivity contribution in [1.82, 2.24) is 4.90 Å². The van der Waals surface area contributed by atoms with Gasteiger partial charge in [0.2, 0.25) is 5.91 Å². The second kappa shape index (κ2) is 5.54. The number of nitrogens with zero attached hydrogens (tertiary/aromatic N) is 1. The van der Waals surface area contributed by atoms with Crippen LogP contribution in [0.15, 0.2) is 24.3 Å². The first-order valence-electron chi connectivity index (χ1n) is 5.51. The zero-order valence-corrected chi connectivity index (χ0v) is 10.1. The maximum absolute atomic E-state index is 11.7. The van der Waals surface area contributed by atoms with Crippen LogP contribution in [0.1, 0.15) is 25.8 Å². The molecule has 1 amide bonds. The minimum absolute atomic E-state index is 0.156. The Morgan fingerprint density at radius 1 is 1.31 bits per heavy atom. The molecule has 0 saturated carbocycles. The smallest absolute Gasteiger partial charge is 0.222 e. The number of amides is 1. The zero-order chi connectivity index (χ0) is 12.1. The number of phenolic OH excluding ortho intramolecular Hbond substituents is 1. The highest BCUT2D eigenvalue weighted by atomic mass is 16.3. The van der Waals surface area contributed by atoms with Crippen LogP contribution in [0.5, 0.6) is 5.75 Å². The molecule has 0 fully saturated rings. The van der Waals surface area contributed by atoms with E-state index < -0.39 is 0 Å². The first-order valence-corrected chi connectivity index (χ1v) is 5.51. The van der Waals surface area contributed by atoms with E-state index in [0.29, 0.717) is 18.9 Å². The van der Waals surface area contributed by atoms with Crippen LogP contribution in [0.2, 0.25) is 0 Å². The highest BCUT2D eigenvalue weighted by molar-refractivity contribution is 5.76. The molecule has 1 aromatic rings. The van der Waals surface area contributed by atoms with Crippen LogP contribution in [0.3, 0.4) is 0 Å². The molecule has 0 aliphatic carbocycles. The van der Waals surface area contributed by atoms with Gasteiger partial charge >= 0.3 is 0 Å². The summed E-state index contributed by atoms with van der Waals surface area (Å²) in [5.74, 6) is 0.790. The molecule has 1 N–H and O–H groups in total. The molecule has 0 saturated heterocycles. The molecule has 0 unspecified atom stereocenters. The lowest BCUT2D eigenvalue weighted by atomic mass is 10.1. The van der Waals surface area contributed by atoms with Crippen LogP contribution >= 0.6 is 0 Å². The van der Waals surface area contributed by atoms with Crippen molar-refractivity contribution in [3.63, 3.8) is 0 Å². The van der Waals surface area contributed by atoms with Crippen molar-refractivity contribution in [2.75, 3.05) is 7.05 Å². The Morgan fingerprint density at radius 3 is 2.38 bits per heavy atom. The molecule has 3 heteroatoms. The molecule has 0 spiro atoms. The number of phenols is 1. The van der Waals surface area contributed by atoms with E-state index in [1.807, 2.05) is 26.0 Å². The lowest BCUT2D eigenvalue weighted by Crippen LogP contribution is -2.27. The van der Waals surface area contributed by atoms with Gasteiger partial charge in [0.25, 0.3) is 0 Å². The molecular weight excluding hydrogens is 202 g/mol. The van der Waals surface area contributed by atoms with Crippen molar-refractivity contribution < 1.29 is 9.90 Å². The predicted molar refractivity (Wildman–Crippen MR) is 64.0 cm³/mol. The SMILES string of the molecule is CC(C)CC(=O)N(C)Cc1ccc(O)cc1. The Morgan fingerprint density at radius 2 is 1.88 bits per heavy atom. The fraction of sp³-hybridized carbons (Fsp3) is 0.462. The quantitative estimate of drug-likeness (QED) is 0.848. The Hall–Kier alpha value is -1.51. The molecule has 0 aliphatic rings. The fourth-order valence-electron chi connectivity index (χ4n) is 1.47. The minimum atomic E-state index is 0.156. The summed E-state index contributed by atoms with van der Waals surface area (Å²) < 4.78 is 0. The maximum atomic E-state index is 11.7. The third kappa shape index (κ3) is 3.93. The summed E-state index contributed by atoms with van der Waals surface area (Å²) in [6.45, 7) is 4.66. The topological polar surface area (TPSA) is 40.5 Å². The largest absolute Gasteiger partial charge is 0.508 e. The van der Waals surface area contributed by atoms with Crippen LogP contribution in [-0.2, 0) is 11.3 Å². The van der Waals surface area contributed by atoms with Gasteiger partial charge in [-0.3, -0.25) is 4.79 Å². The van der Waals surface area contributed by atoms with Crippen molar-refractivity contribution in [3.05, 3.63) is 29.8 Å². The van der Waals surface area contributed by atoms with Crippen molar-refractivity contribution in [3.8, 4) is 5.75 Å². The van der Waals surface area contributed by atoms with Gasteiger partial charge in [0.1, 0.15) is 5.75 Å². The first kappa shape index (κ1) is 12.6. The van der Waals surface area contributed by atoms with Gasteiger partial charge in [-0.2, -0.15) is 0 Å². The van der Waals surface area contributed by atoms with E-state index in [9.17, 15) is 4.79 Å². The highest BCUT2D eigenvalue weighted by Gasteiger charge is 2.10. The van der Waals surface area contributed by atoms with E-state index >= 15 is 0 Å². The minimum Gasteiger partial charge on any atom is -0.508 e. The summed E-state index contributed by atoms with van der Waals surface area (Å²) in [5, 5.41) is 9.14. The van der Waals surface area contributed by atoms with Crippen LogP contribution in [-0.4, -0.2) is 23.0 Å². The summed E-state index contributed by atoms with van der Waals surface area (Å²) in [6, 6.07) is 6.93. The number of rotatable bonds is 4. The van der Waals surface area contributed by atoms with E-state index in [-0.39, 0.29) is 11.7 Å². The molecule has 0 heterocycles. The molecule has 1 aromatic carbocycles. The molecule has 16 heavy (non-hydrogen) atoms. The first-order chi connectivity index (χ1) is 7.49. The summed E-state index contributed by atoms with van der Waals surface area (Å²) in [5.41, 5.74) is 1.03. The van der Waals surface area contributed by atoms with Gasteiger partial charge in [-0.1, -0.05) is 26.0 Å². The van der Waals surface area contributed by atoms with Crippen LogP contribution in [0.4, 0.5) is 0 Å². The molecule has 0 atom stereocenters. The highest BCUT2D eigenvalue weighted by Crippen LogP contribution is 2.12. The summed E-state index contributed by atoms with van der Waals surface area (Å²) in [7, 11) is 1.80. The van der Waals surface area contributed by atoms with Gasteiger partial charge in [0, 0.05) is 20.0 Å². The van der Waals surface area contributed by atoms with E-state index in [1.54, 1.807) is 24.1 Å². The molecule has 0 aliphatic heterocycles. The number of benzene rings is 1. The summed E-state index contributed by atoms with van der Waals surface area (Å²) in [6.07, 6.45) is 0.578. The molecule has 88 valence electrons. The average molecular weight is 221 g/mol. The van der Waals surface area contributed by atoms with E-state index in [1.165, 1.54) is 0 Å². The van der Waals surface area contributed by atoms with E-state index in [0.717, 1.165) is 5.56 Å². The second-order valence-electron chi connectivity index (χ2n) is 4.51. The Labute approximate surface area is 96.7 Å². The molecule has 3 nitrogen and oxygen atoms in total. The van der Waals surface area contributed by atoms with E-state index in [4.69, 9.17) is 5.11 Å². The van der Waals surface area contributed by atoms with Gasteiger partial charge in [-0.25, -0.2) is 0 Å². The normalized spacial score (nSPS) is 10.5. The molecule has 0 bridgehead atoms. The number of hydrogen-bond donors (Lipinski definition) is 1. The van der Waals surface area contributed by atoms with Crippen LogP contribution < -0.4 is 0 Å². The molecule has 1 rings (SSSR count). The van der Waals surface area contributed by atoms with Crippen molar-refractivity contribution >= 4 is 5.91 Å². The molecular formula is C13H19NO2. The Kier molecular flexibility index (Phi) is 4.35. The Balaban J connectivity index is 2.53. The third-order valence-electron chi connectivity index (χ3n) is 2.36. The van der Waals surface area contributed by atoms with Crippen LogP contribution in [0, 0.1) is 5.92 Å². The van der Waals surface area contributed by atoms with Crippen molar-refractivity contribution in [1.29, 1.82) is 0 Å². The van der Waals surface area contributed by atoms with Crippen LogP contribution in [0.25, 0.3) is 0 Å².